The molecule has 1 atom stereocenters. The van der Waals surface area contributed by atoms with Crippen LogP contribution in [0.15, 0.2) is 9.59 Å². The maximum atomic E-state index is 12.1. The summed E-state index contributed by atoms with van der Waals surface area (Å²) in [5.41, 5.74) is 0.804. The van der Waals surface area contributed by atoms with E-state index >= 15 is 0 Å². The zero-order valence-corrected chi connectivity index (χ0v) is 13.2. The molecule has 0 bridgehead atoms. The number of aromatic amines is 1. The van der Waals surface area contributed by atoms with Gasteiger partial charge in [0.25, 0.3) is 11.1 Å². The number of nitrogens with zero attached hydrogens (tertiary/aromatic N) is 1. The summed E-state index contributed by atoms with van der Waals surface area (Å²) in [6.45, 7) is 10.3. The van der Waals surface area contributed by atoms with Gasteiger partial charge < -0.3 is 0 Å². The highest BCUT2D eigenvalue weighted by Gasteiger charge is 2.24. The Balaban J connectivity index is 3.21. The molecule has 1 heterocycles. The molecular formula is C13H21BrN2O2. The molecule has 1 aromatic heterocycles. The number of nitrogens with one attached hydrogen (secondary N) is 1. The maximum Gasteiger partial charge on any atom is 0.268 e. The first kappa shape index (κ1) is 15.2. The molecular weight excluding hydrogens is 296 g/mol. The Kier molecular flexibility index (Phi) is 4.59. The molecule has 5 heteroatoms. The average molecular weight is 317 g/mol. The molecule has 0 aliphatic heterocycles. The highest BCUT2D eigenvalue weighted by Crippen LogP contribution is 2.28. The summed E-state index contributed by atoms with van der Waals surface area (Å²) >= 11 is 3.48. The molecule has 1 unspecified atom stereocenters. The molecule has 0 saturated heterocycles. The molecule has 0 amide bonds. The Morgan fingerprint density at radius 2 is 1.78 bits per heavy atom. The first-order valence-electron chi connectivity index (χ1n) is 6.04. The molecule has 102 valence electrons. The third-order valence-electron chi connectivity index (χ3n) is 3.52. The monoisotopic (exact) mass is 316 g/mol. The van der Waals surface area contributed by atoms with Gasteiger partial charge in [-0.25, -0.2) is 4.68 Å². The Morgan fingerprint density at radius 1 is 1.22 bits per heavy atom. The summed E-state index contributed by atoms with van der Waals surface area (Å²) in [4.78, 5) is 23.8. The minimum atomic E-state index is -0.186. The molecule has 0 fully saturated rings. The van der Waals surface area contributed by atoms with E-state index in [0.29, 0.717) is 17.7 Å². The van der Waals surface area contributed by atoms with E-state index in [1.807, 2.05) is 0 Å². The molecule has 18 heavy (non-hydrogen) atoms. The van der Waals surface area contributed by atoms with Crippen LogP contribution in [0.4, 0.5) is 0 Å². The Bertz CT molecular complexity index is 537. The normalized spacial score (nSPS) is 13.7. The molecule has 0 radical (unpaired) electrons. The van der Waals surface area contributed by atoms with E-state index < -0.39 is 0 Å². The van der Waals surface area contributed by atoms with Crippen LogP contribution in [-0.2, 0) is 6.54 Å². The van der Waals surface area contributed by atoms with Crippen molar-refractivity contribution in [1.82, 2.24) is 9.78 Å². The molecule has 0 saturated carbocycles. The lowest BCUT2D eigenvalue weighted by Gasteiger charge is -2.29. The van der Waals surface area contributed by atoms with E-state index in [0.717, 1.165) is 5.33 Å². The smallest absolute Gasteiger partial charge is 0.268 e. The van der Waals surface area contributed by atoms with Crippen molar-refractivity contribution in [3.8, 4) is 0 Å². The lowest BCUT2D eigenvalue weighted by Crippen LogP contribution is -2.38. The number of H-pyrrole nitrogens is 1. The number of hydrogen-bond acceptors (Lipinski definition) is 2. The van der Waals surface area contributed by atoms with Gasteiger partial charge >= 0.3 is 0 Å². The maximum absolute atomic E-state index is 12.1. The largest absolute Gasteiger partial charge is 0.268 e. The van der Waals surface area contributed by atoms with E-state index in [2.05, 4.69) is 41.8 Å². The zero-order chi connectivity index (χ0) is 14.1. The van der Waals surface area contributed by atoms with Crippen LogP contribution < -0.4 is 11.1 Å². The SMILES string of the molecule is Cc1c(C)c(=O)n(CC(CBr)C(C)(C)C)[nH]c1=O. The van der Waals surface area contributed by atoms with Crippen molar-refractivity contribution in [3.63, 3.8) is 0 Å². The Hall–Kier alpha value is -0.840. The predicted molar refractivity (Wildman–Crippen MR) is 77.5 cm³/mol. The number of rotatable bonds is 3. The van der Waals surface area contributed by atoms with Crippen molar-refractivity contribution in [2.24, 2.45) is 11.3 Å². The van der Waals surface area contributed by atoms with Crippen LogP contribution in [0.25, 0.3) is 0 Å². The minimum absolute atomic E-state index is 0.0681. The van der Waals surface area contributed by atoms with Crippen molar-refractivity contribution < 1.29 is 0 Å². The summed E-state index contributed by atoms with van der Waals surface area (Å²) < 4.78 is 1.43. The van der Waals surface area contributed by atoms with Gasteiger partial charge in [-0.05, 0) is 25.2 Å². The van der Waals surface area contributed by atoms with Gasteiger partial charge in [0.05, 0.1) is 0 Å². The minimum Gasteiger partial charge on any atom is -0.268 e. The zero-order valence-electron chi connectivity index (χ0n) is 11.6. The fourth-order valence-electron chi connectivity index (χ4n) is 1.69. The molecule has 1 aromatic rings. The van der Waals surface area contributed by atoms with Crippen molar-refractivity contribution in [1.29, 1.82) is 0 Å². The molecule has 4 nitrogen and oxygen atoms in total. The topological polar surface area (TPSA) is 54.9 Å². The molecule has 0 aromatic carbocycles. The first-order chi connectivity index (χ1) is 8.18. The fraction of sp³-hybridized carbons (Fsp3) is 0.692. The van der Waals surface area contributed by atoms with Crippen molar-refractivity contribution in [3.05, 3.63) is 31.8 Å². The molecule has 1 rings (SSSR count). The predicted octanol–water partition coefficient (Wildman–Crippen LogP) is 2.21. The van der Waals surface area contributed by atoms with Gasteiger partial charge in [0.15, 0.2) is 0 Å². The number of halogens is 1. The third kappa shape index (κ3) is 3.13. The van der Waals surface area contributed by atoms with Gasteiger partial charge in [-0.15, -0.1) is 0 Å². The Morgan fingerprint density at radius 3 is 2.22 bits per heavy atom. The molecule has 0 aliphatic carbocycles. The van der Waals surface area contributed by atoms with Crippen LogP contribution in [0.2, 0.25) is 0 Å². The Labute approximate surface area is 116 Å². The van der Waals surface area contributed by atoms with E-state index in [1.165, 1.54) is 4.68 Å². The van der Waals surface area contributed by atoms with E-state index in [-0.39, 0.29) is 22.5 Å². The summed E-state index contributed by atoms with van der Waals surface area (Å²) in [5.74, 6) is 0.271. The standard InChI is InChI=1S/C13H21BrN2O2/c1-8-9(2)12(18)16(15-11(8)17)7-10(6-14)13(3,4)5/h10H,6-7H2,1-5H3,(H,15,17). The summed E-state index contributed by atoms with van der Waals surface area (Å²) in [6, 6.07) is 0. The van der Waals surface area contributed by atoms with Gasteiger partial charge in [0, 0.05) is 23.0 Å². The summed E-state index contributed by atoms with van der Waals surface area (Å²) in [6.07, 6.45) is 0. The quantitative estimate of drug-likeness (QED) is 0.869. The van der Waals surface area contributed by atoms with E-state index in [4.69, 9.17) is 0 Å². The van der Waals surface area contributed by atoms with Gasteiger partial charge in [-0.1, -0.05) is 36.7 Å². The lowest BCUT2D eigenvalue weighted by molar-refractivity contribution is 0.227. The first-order valence-corrected chi connectivity index (χ1v) is 7.17. The van der Waals surface area contributed by atoms with Crippen LogP contribution in [0.3, 0.4) is 0 Å². The average Bonchev–Trinajstić information content (AvgIpc) is 2.27. The second-order valence-corrected chi connectivity index (χ2v) is 6.47. The molecule has 1 N–H and O–H groups in total. The van der Waals surface area contributed by atoms with Gasteiger partial charge in [-0.3, -0.25) is 14.7 Å². The molecule has 0 aliphatic rings. The highest BCUT2D eigenvalue weighted by atomic mass is 79.9. The van der Waals surface area contributed by atoms with Crippen LogP contribution in [-0.4, -0.2) is 15.1 Å². The van der Waals surface area contributed by atoms with Crippen molar-refractivity contribution in [2.45, 2.75) is 41.2 Å². The van der Waals surface area contributed by atoms with Crippen LogP contribution in [0.5, 0.6) is 0 Å². The summed E-state index contributed by atoms with van der Waals surface area (Å²) in [7, 11) is 0. The number of hydrogen-bond donors (Lipinski definition) is 1. The van der Waals surface area contributed by atoms with Crippen LogP contribution in [0.1, 0.15) is 31.9 Å². The molecule has 0 spiro atoms. The highest BCUT2D eigenvalue weighted by molar-refractivity contribution is 9.09. The number of alkyl halides is 1. The van der Waals surface area contributed by atoms with Gasteiger partial charge in [0.2, 0.25) is 0 Å². The van der Waals surface area contributed by atoms with Crippen molar-refractivity contribution >= 4 is 15.9 Å². The third-order valence-corrected chi connectivity index (χ3v) is 4.30. The number of aromatic nitrogens is 2. The van der Waals surface area contributed by atoms with E-state index in [9.17, 15) is 9.59 Å². The second kappa shape index (κ2) is 5.43. The van der Waals surface area contributed by atoms with Crippen molar-refractivity contribution in [2.75, 3.05) is 5.33 Å². The summed E-state index contributed by atoms with van der Waals surface area (Å²) in [5, 5.41) is 3.44. The van der Waals surface area contributed by atoms with Crippen LogP contribution in [0, 0.1) is 25.2 Å². The second-order valence-electron chi connectivity index (χ2n) is 5.82. The lowest BCUT2D eigenvalue weighted by atomic mass is 9.82. The van der Waals surface area contributed by atoms with Gasteiger partial charge in [0.1, 0.15) is 0 Å². The fourth-order valence-corrected chi connectivity index (χ4v) is 2.87. The van der Waals surface area contributed by atoms with E-state index in [1.54, 1.807) is 13.8 Å². The van der Waals surface area contributed by atoms with Gasteiger partial charge in [-0.2, -0.15) is 0 Å². The van der Waals surface area contributed by atoms with Crippen LogP contribution >= 0.6 is 15.9 Å².